The number of carbonyl (C=O) groups excluding carboxylic acids is 3. The first-order chi connectivity index (χ1) is 13.2. The lowest BCUT2D eigenvalue weighted by Gasteiger charge is -2.31. The van der Waals surface area contributed by atoms with Gasteiger partial charge in [-0.2, -0.15) is 0 Å². The summed E-state index contributed by atoms with van der Waals surface area (Å²) in [5, 5.41) is 2.96. The molecular weight excluding hydrogens is 352 g/mol. The second-order valence-corrected chi connectivity index (χ2v) is 8.18. The summed E-state index contributed by atoms with van der Waals surface area (Å²) in [6.45, 7) is 8.19. The highest BCUT2D eigenvalue weighted by molar-refractivity contribution is 6.22. The first-order valence-electron chi connectivity index (χ1n) is 9.54. The molecule has 28 heavy (non-hydrogen) atoms. The Kier molecular flexibility index (Phi) is 5.36. The molecule has 5 nitrogen and oxygen atoms in total. The summed E-state index contributed by atoms with van der Waals surface area (Å²) in [4.78, 5) is 39.8. The molecule has 2 aromatic rings. The number of hydrogen-bond donors (Lipinski definition) is 1. The van der Waals surface area contributed by atoms with Gasteiger partial charge >= 0.3 is 0 Å². The highest BCUT2D eigenvalue weighted by Gasteiger charge is 2.44. The van der Waals surface area contributed by atoms with Crippen LogP contribution in [-0.4, -0.2) is 35.2 Å². The summed E-state index contributed by atoms with van der Waals surface area (Å²) in [5.74, 6) is -1.33. The maximum absolute atomic E-state index is 13.0. The van der Waals surface area contributed by atoms with Gasteiger partial charge in [0.25, 0.3) is 11.8 Å². The molecule has 3 amide bonds. The fourth-order valence-electron chi connectivity index (χ4n) is 3.58. The zero-order chi connectivity index (χ0) is 20.5. The summed E-state index contributed by atoms with van der Waals surface area (Å²) < 4.78 is 0. The van der Waals surface area contributed by atoms with Crippen LogP contribution in [0.4, 0.5) is 0 Å². The first-order valence-corrected chi connectivity index (χ1v) is 9.54. The van der Waals surface area contributed by atoms with Crippen molar-refractivity contribution in [1.82, 2.24) is 10.2 Å². The van der Waals surface area contributed by atoms with Crippen LogP contribution in [0, 0.1) is 5.92 Å². The Balaban J connectivity index is 1.79. The van der Waals surface area contributed by atoms with E-state index in [-0.39, 0.29) is 17.2 Å². The van der Waals surface area contributed by atoms with Crippen LogP contribution in [0.2, 0.25) is 0 Å². The van der Waals surface area contributed by atoms with Gasteiger partial charge in [0.05, 0.1) is 11.1 Å². The molecule has 2 aromatic carbocycles. The van der Waals surface area contributed by atoms with E-state index >= 15 is 0 Å². The third kappa shape index (κ3) is 3.57. The van der Waals surface area contributed by atoms with Gasteiger partial charge < -0.3 is 5.32 Å². The summed E-state index contributed by atoms with van der Waals surface area (Å²) in [6, 6.07) is 15.8. The topological polar surface area (TPSA) is 66.5 Å². The Morgan fingerprint density at radius 2 is 1.43 bits per heavy atom. The average molecular weight is 378 g/mol. The van der Waals surface area contributed by atoms with Crippen LogP contribution in [-0.2, 0) is 10.2 Å². The zero-order valence-corrected chi connectivity index (χ0v) is 16.7. The highest BCUT2D eigenvalue weighted by Crippen LogP contribution is 2.28. The van der Waals surface area contributed by atoms with Crippen LogP contribution in [0.1, 0.15) is 54.0 Å². The van der Waals surface area contributed by atoms with E-state index in [9.17, 15) is 14.4 Å². The number of benzene rings is 2. The van der Waals surface area contributed by atoms with E-state index in [2.05, 4.69) is 19.2 Å². The van der Waals surface area contributed by atoms with Gasteiger partial charge in [-0.15, -0.1) is 0 Å². The maximum Gasteiger partial charge on any atom is 0.262 e. The molecule has 1 heterocycles. The predicted molar refractivity (Wildman–Crippen MR) is 108 cm³/mol. The van der Waals surface area contributed by atoms with E-state index < -0.39 is 17.9 Å². The predicted octanol–water partition coefficient (Wildman–Crippen LogP) is 3.40. The number of nitrogens with zero attached hydrogens (tertiary/aromatic N) is 1. The molecule has 0 spiro atoms. The minimum atomic E-state index is -0.848. The van der Waals surface area contributed by atoms with Gasteiger partial charge in [0, 0.05) is 12.0 Å². The molecule has 1 aliphatic rings. The molecule has 0 bridgehead atoms. The molecule has 0 saturated heterocycles. The van der Waals surface area contributed by atoms with Gasteiger partial charge in [-0.1, -0.05) is 70.2 Å². The fourth-order valence-corrected chi connectivity index (χ4v) is 3.58. The number of nitrogens with one attached hydrogen (secondary N) is 1. The van der Waals surface area contributed by atoms with Gasteiger partial charge in [-0.25, -0.2) is 0 Å². The van der Waals surface area contributed by atoms with Crippen molar-refractivity contribution in [3.63, 3.8) is 0 Å². The van der Waals surface area contributed by atoms with Crippen molar-refractivity contribution < 1.29 is 14.4 Å². The Morgan fingerprint density at radius 3 is 1.93 bits per heavy atom. The second kappa shape index (κ2) is 7.58. The monoisotopic (exact) mass is 378 g/mol. The minimum absolute atomic E-state index is 0.206. The van der Waals surface area contributed by atoms with E-state index in [1.165, 1.54) is 0 Å². The highest BCUT2D eigenvalue weighted by atomic mass is 16.2. The summed E-state index contributed by atoms with van der Waals surface area (Å²) >= 11 is 0. The lowest BCUT2D eigenvalue weighted by Crippen LogP contribution is -2.53. The summed E-state index contributed by atoms with van der Waals surface area (Å²) in [5.41, 5.74) is 1.55. The molecular formula is C23H26N2O3. The van der Waals surface area contributed by atoms with E-state index in [1.807, 2.05) is 44.2 Å². The molecule has 1 N–H and O–H groups in total. The number of amides is 3. The van der Waals surface area contributed by atoms with Gasteiger partial charge in [0.15, 0.2) is 0 Å². The van der Waals surface area contributed by atoms with E-state index in [1.54, 1.807) is 24.3 Å². The largest absolute Gasteiger partial charge is 0.353 e. The van der Waals surface area contributed by atoms with E-state index in [4.69, 9.17) is 0 Å². The van der Waals surface area contributed by atoms with Gasteiger partial charge in [-0.3, -0.25) is 19.3 Å². The van der Waals surface area contributed by atoms with Gasteiger partial charge in [0.2, 0.25) is 5.91 Å². The van der Waals surface area contributed by atoms with E-state index in [0.29, 0.717) is 17.7 Å². The lowest BCUT2D eigenvalue weighted by molar-refractivity contribution is -0.126. The van der Waals surface area contributed by atoms with Crippen molar-refractivity contribution >= 4 is 17.7 Å². The average Bonchev–Trinajstić information content (AvgIpc) is 2.93. The van der Waals surface area contributed by atoms with Crippen molar-refractivity contribution in [1.29, 1.82) is 0 Å². The molecule has 0 saturated carbocycles. The van der Waals surface area contributed by atoms with Crippen molar-refractivity contribution in [2.75, 3.05) is 6.54 Å². The Bertz CT molecular complexity index is 868. The molecule has 0 aliphatic carbocycles. The molecule has 0 radical (unpaired) electrons. The number of imide groups is 1. The summed E-state index contributed by atoms with van der Waals surface area (Å²) in [7, 11) is 0. The number of hydrogen-bond acceptors (Lipinski definition) is 3. The fraction of sp³-hybridized carbons (Fsp3) is 0.348. The summed E-state index contributed by atoms with van der Waals surface area (Å²) in [6.07, 6.45) is 0. The number of rotatable bonds is 6. The normalized spacial score (nSPS) is 15.0. The van der Waals surface area contributed by atoms with Crippen molar-refractivity contribution in [2.24, 2.45) is 5.92 Å². The molecule has 1 atom stereocenters. The van der Waals surface area contributed by atoms with Crippen LogP contribution < -0.4 is 5.32 Å². The number of carbonyl (C=O) groups is 3. The molecule has 0 aromatic heterocycles. The zero-order valence-electron chi connectivity index (χ0n) is 16.7. The third-order valence-corrected chi connectivity index (χ3v) is 5.26. The van der Waals surface area contributed by atoms with Gasteiger partial charge in [0.1, 0.15) is 6.04 Å². The van der Waals surface area contributed by atoms with Gasteiger partial charge in [-0.05, 0) is 23.6 Å². The molecule has 1 unspecified atom stereocenters. The minimum Gasteiger partial charge on any atom is -0.353 e. The Morgan fingerprint density at radius 1 is 0.929 bits per heavy atom. The van der Waals surface area contributed by atoms with Crippen molar-refractivity contribution in [3.05, 3.63) is 71.3 Å². The van der Waals surface area contributed by atoms with Crippen LogP contribution in [0.25, 0.3) is 0 Å². The second-order valence-electron chi connectivity index (χ2n) is 8.18. The number of fused-ring (bicyclic) bond motifs is 1. The Labute approximate surface area is 165 Å². The molecule has 0 fully saturated rings. The SMILES string of the molecule is CC(C)C(C(=O)NCC(C)(C)c1ccccc1)N1C(=O)c2ccccc2C1=O. The van der Waals surface area contributed by atoms with Crippen molar-refractivity contribution in [3.8, 4) is 0 Å². The van der Waals surface area contributed by atoms with Crippen molar-refractivity contribution in [2.45, 2.75) is 39.2 Å². The Hall–Kier alpha value is -2.95. The quantitative estimate of drug-likeness (QED) is 0.784. The standard InChI is InChI=1S/C23H26N2O3/c1-15(2)19(25-21(27)17-12-8-9-13-18(17)22(25)28)20(26)24-14-23(3,4)16-10-6-5-7-11-16/h5-13,15,19H,14H2,1-4H3,(H,24,26). The third-order valence-electron chi connectivity index (χ3n) is 5.26. The van der Waals surface area contributed by atoms with E-state index in [0.717, 1.165) is 10.5 Å². The first kappa shape index (κ1) is 19.8. The maximum atomic E-state index is 13.0. The molecule has 3 rings (SSSR count). The van der Waals surface area contributed by atoms with Crippen LogP contribution in [0.3, 0.4) is 0 Å². The molecule has 1 aliphatic heterocycles. The molecule has 5 heteroatoms. The van der Waals surface area contributed by atoms with Crippen LogP contribution in [0.5, 0.6) is 0 Å². The van der Waals surface area contributed by atoms with Crippen LogP contribution >= 0.6 is 0 Å². The molecule has 146 valence electrons. The smallest absolute Gasteiger partial charge is 0.262 e. The lowest BCUT2D eigenvalue weighted by atomic mass is 9.84. The van der Waals surface area contributed by atoms with Crippen LogP contribution in [0.15, 0.2) is 54.6 Å².